The Balaban J connectivity index is 1.86. The third-order valence-corrected chi connectivity index (χ3v) is 3.59. The van der Waals surface area contributed by atoms with Gasteiger partial charge in [0.2, 0.25) is 0 Å². The molecule has 0 saturated carbocycles. The van der Waals surface area contributed by atoms with Gasteiger partial charge in [-0.2, -0.15) is 0 Å². The molecule has 104 valence electrons. The van der Waals surface area contributed by atoms with Crippen LogP contribution in [0.5, 0.6) is 0 Å². The van der Waals surface area contributed by atoms with Crippen molar-refractivity contribution in [3.63, 3.8) is 0 Å². The highest BCUT2D eigenvalue weighted by molar-refractivity contribution is 5.78. The van der Waals surface area contributed by atoms with Gasteiger partial charge in [-0.1, -0.05) is 25.1 Å². The number of hydrogen-bond donors (Lipinski definition) is 1. The monoisotopic (exact) mass is 263 g/mol. The van der Waals surface area contributed by atoms with Crippen LogP contribution in [0.3, 0.4) is 0 Å². The van der Waals surface area contributed by atoms with Crippen LogP contribution in [0.1, 0.15) is 25.3 Å². The third kappa shape index (κ3) is 3.94. The maximum absolute atomic E-state index is 13.4. The third-order valence-electron chi connectivity index (χ3n) is 3.59. The Kier molecular flexibility index (Phi) is 4.77. The summed E-state index contributed by atoms with van der Waals surface area (Å²) in [4.78, 5) is 6.51. The molecule has 0 aliphatic carbocycles. The quantitative estimate of drug-likeness (QED) is 0.672. The fraction of sp³-hybridized carbons (Fsp3) is 0.533. The van der Waals surface area contributed by atoms with E-state index in [4.69, 9.17) is 5.73 Å². The topological polar surface area (TPSA) is 41.6 Å². The van der Waals surface area contributed by atoms with Crippen molar-refractivity contribution >= 4 is 5.96 Å². The number of likely N-dealkylation sites (tertiary alicyclic amines) is 1. The molecule has 19 heavy (non-hydrogen) atoms. The molecule has 1 heterocycles. The molecule has 0 radical (unpaired) electrons. The summed E-state index contributed by atoms with van der Waals surface area (Å²) in [6.45, 7) is 4.74. The van der Waals surface area contributed by atoms with E-state index in [2.05, 4.69) is 16.8 Å². The number of aliphatic imine (C=N–C) groups is 1. The van der Waals surface area contributed by atoms with Gasteiger partial charge in [0.15, 0.2) is 5.96 Å². The van der Waals surface area contributed by atoms with Crippen LogP contribution in [-0.2, 0) is 6.42 Å². The normalized spacial score (nSPS) is 20.6. The second-order valence-corrected chi connectivity index (χ2v) is 5.27. The Hall–Kier alpha value is -1.58. The van der Waals surface area contributed by atoms with E-state index in [-0.39, 0.29) is 5.82 Å². The standard InChI is InChI=1S/C15H22FN3/c1-12-5-4-10-19(11-12)15(17)18-9-8-13-6-2-3-7-14(13)16/h2-3,6-7,12H,4-5,8-11H2,1H3,(H2,17,18). The van der Waals surface area contributed by atoms with Gasteiger partial charge in [-0.05, 0) is 36.8 Å². The first-order valence-electron chi connectivity index (χ1n) is 6.95. The highest BCUT2D eigenvalue weighted by Crippen LogP contribution is 2.15. The Bertz CT molecular complexity index is 445. The van der Waals surface area contributed by atoms with Crippen LogP contribution in [0.2, 0.25) is 0 Å². The molecule has 1 aromatic rings. The van der Waals surface area contributed by atoms with Crippen LogP contribution in [0.25, 0.3) is 0 Å². The number of nitrogens with zero attached hydrogens (tertiary/aromatic N) is 2. The number of benzene rings is 1. The first kappa shape index (κ1) is 13.8. The molecule has 0 bridgehead atoms. The molecule has 1 aromatic carbocycles. The van der Waals surface area contributed by atoms with E-state index in [0.717, 1.165) is 13.1 Å². The Morgan fingerprint density at radius 2 is 2.26 bits per heavy atom. The van der Waals surface area contributed by atoms with Crippen LogP contribution < -0.4 is 5.73 Å². The zero-order valence-electron chi connectivity index (χ0n) is 11.5. The fourth-order valence-corrected chi connectivity index (χ4v) is 2.49. The Morgan fingerprint density at radius 1 is 1.47 bits per heavy atom. The number of piperidine rings is 1. The van der Waals surface area contributed by atoms with E-state index in [1.54, 1.807) is 12.1 Å². The van der Waals surface area contributed by atoms with E-state index < -0.39 is 0 Å². The summed E-state index contributed by atoms with van der Waals surface area (Å²) in [6.07, 6.45) is 3.03. The van der Waals surface area contributed by atoms with Crippen LogP contribution in [0.4, 0.5) is 4.39 Å². The molecule has 3 nitrogen and oxygen atoms in total. The molecular weight excluding hydrogens is 241 g/mol. The van der Waals surface area contributed by atoms with Crippen molar-refractivity contribution in [2.45, 2.75) is 26.2 Å². The SMILES string of the molecule is CC1CCCN(C(N)=NCCc2ccccc2F)C1. The van der Waals surface area contributed by atoms with Gasteiger partial charge in [-0.15, -0.1) is 0 Å². The van der Waals surface area contributed by atoms with E-state index in [9.17, 15) is 4.39 Å². The Labute approximate surface area is 114 Å². The lowest BCUT2D eigenvalue weighted by Crippen LogP contribution is -2.43. The van der Waals surface area contributed by atoms with Gasteiger partial charge in [0, 0.05) is 19.6 Å². The number of halogens is 1. The lowest BCUT2D eigenvalue weighted by atomic mass is 10.0. The van der Waals surface area contributed by atoms with Crippen molar-refractivity contribution in [2.75, 3.05) is 19.6 Å². The number of hydrogen-bond acceptors (Lipinski definition) is 1. The van der Waals surface area contributed by atoms with E-state index in [1.807, 2.05) is 6.07 Å². The lowest BCUT2D eigenvalue weighted by molar-refractivity contribution is 0.270. The van der Waals surface area contributed by atoms with Crippen molar-refractivity contribution < 1.29 is 4.39 Å². The van der Waals surface area contributed by atoms with Gasteiger partial charge in [0.05, 0.1) is 0 Å². The summed E-state index contributed by atoms with van der Waals surface area (Å²) < 4.78 is 13.4. The number of rotatable bonds is 3. The minimum atomic E-state index is -0.164. The highest BCUT2D eigenvalue weighted by Gasteiger charge is 2.17. The number of guanidine groups is 1. The minimum Gasteiger partial charge on any atom is -0.370 e. The van der Waals surface area contributed by atoms with Crippen molar-refractivity contribution in [1.29, 1.82) is 0 Å². The molecule has 1 aliphatic rings. The van der Waals surface area contributed by atoms with Crippen molar-refractivity contribution in [1.82, 2.24) is 4.90 Å². The highest BCUT2D eigenvalue weighted by atomic mass is 19.1. The molecular formula is C15H22FN3. The van der Waals surface area contributed by atoms with Gasteiger partial charge in [-0.3, -0.25) is 4.99 Å². The largest absolute Gasteiger partial charge is 0.370 e. The van der Waals surface area contributed by atoms with Gasteiger partial charge in [0.25, 0.3) is 0 Å². The molecule has 1 atom stereocenters. The lowest BCUT2D eigenvalue weighted by Gasteiger charge is -2.31. The van der Waals surface area contributed by atoms with Gasteiger partial charge in [-0.25, -0.2) is 4.39 Å². The molecule has 2 rings (SSSR count). The molecule has 1 saturated heterocycles. The first-order chi connectivity index (χ1) is 9.16. The second kappa shape index (κ2) is 6.55. The van der Waals surface area contributed by atoms with Crippen LogP contribution in [-0.4, -0.2) is 30.5 Å². The van der Waals surface area contributed by atoms with E-state index >= 15 is 0 Å². The molecule has 0 spiro atoms. The molecule has 4 heteroatoms. The predicted octanol–water partition coefficient (Wildman–Crippen LogP) is 2.41. The molecule has 1 unspecified atom stereocenters. The predicted molar refractivity (Wildman–Crippen MR) is 76.6 cm³/mol. The second-order valence-electron chi connectivity index (χ2n) is 5.27. The average molecular weight is 263 g/mol. The minimum absolute atomic E-state index is 0.164. The molecule has 0 aromatic heterocycles. The molecule has 1 fully saturated rings. The van der Waals surface area contributed by atoms with Crippen LogP contribution in [0.15, 0.2) is 29.3 Å². The van der Waals surface area contributed by atoms with E-state index in [1.165, 1.54) is 18.9 Å². The molecule has 1 aliphatic heterocycles. The zero-order chi connectivity index (χ0) is 13.7. The zero-order valence-corrected chi connectivity index (χ0v) is 11.5. The maximum atomic E-state index is 13.4. The summed E-state index contributed by atoms with van der Waals surface area (Å²) in [7, 11) is 0. The summed E-state index contributed by atoms with van der Waals surface area (Å²) in [5.41, 5.74) is 6.70. The average Bonchev–Trinajstić information content (AvgIpc) is 2.41. The first-order valence-corrected chi connectivity index (χ1v) is 6.95. The molecule has 2 N–H and O–H groups in total. The van der Waals surface area contributed by atoms with Gasteiger partial charge in [0.1, 0.15) is 5.82 Å². The van der Waals surface area contributed by atoms with E-state index in [0.29, 0.717) is 30.4 Å². The van der Waals surface area contributed by atoms with Gasteiger partial charge >= 0.3 is 0 Å². The maximum Gasteiger partial charge on any atom is 0.191 e. The smallest absolute Gasteiger partial charge is 0.191 e. The summed E-state index contributed by atoms with van der Waals surface area (Å²) in [5.74, 6) is 1.11. The summed E-state index contributed by atoms with van der Waals surface area (Å²) in [5, 5.41) is 0. The Morgan fingerprint density at radius 3 is 3.00 bits per heavy atom. The summed E-state index contributed by atoms with van der Waals surface area (Å²) in [6, 6.07) is 6.82. The van der Waals surface area contributed by atoms with Crippen LogP contribution in [0, 0.1) is 11.7 Å². The number of nitrogens with two attached hydrogens (primary N) is 1. The van der Waals surface area contributed by atoms with Gasteiger partial charge < -0.3 is 10.6 Å². The summed E-state index contributed by atoms with van der Waals surface area (Å²) >= 11 is 0. The van der Waals surface area contributed by atoms with Crippen molar-refractivity contribution in [3.8, 4) is 0 Å². The van der Waals surface area contributed by atoms with Crippen molar-refractivity contribution in [3.05, 3.63) is 35.6 Å². The van der Waals surface area contributed by atoms with Crippen LogP contribution >= 0.6 is 0 Å². The van der Waals surface area contributed by atoms with Crippen molar-refractivity contribution in [2.24, 2.45) is 16.6 Å². The fourth-order valence-electron chi connectivity index (χ4n) is 2.49. The molecule has 0 amide bonds.